The van der Waals surface area contributed by atoms with Crippen LogP contribution in [0.5, 0.6) is 0 Å². The van der Waals surface area contributed by atoms with Crippen LogP contribution in [-0.2, 0) is 23.6 Å². The summed E-state index contributed by atoms with van der Waals surface area (Å²) in [6, 6.07) is 6.78. The molecule has 0 aliphatic rings. The first kappa shape index (κ1) is 13.7. The van der Waals surface area contributed by atoms with Crippen LogP contribution in [0, 0.1) is 6.92 Å². The van der Waals surface area contributed by atoms with E-state index in [0.29, 0.717) is 5.82 Å². The van der Waals surface area contributed by atoms with Gasteiger partial charge in [0, 0.05) is 14.1 Å². The lowest BCUT2D eigenvalue weighted by Crippen LogP contribution is -2.27. The number of hydrogen-bond donors (Lipinski definition) is 0. The standard InChI is InChI=1S/C12H16N4O2S/c1-10-4-6-11(7-5-10)19(17,18)16(3)8-12-14-13-9-15(12)2/h4-7,9H,8H2,1-3H3. The van der Waals surface area contributed by atoms with Gasteiger partial charge in [0.2, 0.25) is 10.0 Å². The van der Waals surface area contributed by atoms with Gasteiger partial charge in [0.05, 0.1) is 11.4 Å². The molecule has 1 aromatic carbocycles. The van der Waals surface area contributed by atoms with Crippen LogP contribution in [0.3, 0.4) is 0 Å². The first-order valence-corrected chi connectivity index (χ1v) is 7.21. The fourth-order valence-corrected chi connectivity index (χ4v) is 2.75. The first-order chi connectivity index (χ1) is 8.91. The van der Waals surface area contributed by atoms with Crippen LogP contribution in [0.4, 0.5) is 0 Å². The van der Waals surface area contributed by atoms with Gasteiger partial charge in [-0.2, -0.15) is 4.31 Å². The molecule has 0 fully saturated rings. The molecule has 0 aliphatic heterocycles. The van der Waals surface area contributed by atoms with Crippen LogP contribution in [0.2, 0.25) is 0 Å². The highest BCUT2D eigenvalue weighted by Gasteiger charge is 2.22. The second-order valence-corrected chi connectivity index (χ2v) is 6.48. The van der Waals surface area contributed by atoms with Gasteiger partial charge >= 0.3 is 0 Å². The zero-order valence-electron chi connectivity index (χ0n) is 11.1. The molecule has 0 bridgehead atoms. The molecular weight excluding hydrogens is 264 g/mol. The third kappa shape index (κ3) is 2.82. The van der Waals surface area contributed by atoms with Crippen molar-refractivity contribution in [2.45, 2.75) is 18.4 Å². The minimum atomic E-state index is -3.50. The molecule has 1 heterocycles. The number of nitrogens with zero attached hydrogens (tertiary/aromatic N) is 4. The van der Waals surface area contributed by atoms with Crippen molar-refractivity contribution in [3.63, 3.8) is 0 Å². The summed E-state index contributed by atoms with van der Waals surface area (Å²) in [7, 11) is -0.185. The fourth-order valence-electron chi connectivity index (χ4n) is 1.62. The normalized spacial score (nSPS) is 12.0. The fraction of sp³-hybridized carbons (Fsp3) is 0.333. The Bertz CT molecular complexity index is 661. The van der Waals surface area contributed by atoms with E-state index in [1.165, 1.54) is 11.4 Å². The lowest BCUT2D eigenvalue weighted by Gasteiger charge is -2.16. The largest absolute Gasteiger partial charge is 0.320 e. The van der Waals surface area contributed by atoms with Gasteiger partial charge in [-0.25, -0.2) is 8.42 Å². The van der Waals surface area contributed by atoms with Gasteiger partial charge < -0.3 is 4.57 Å². The Morgan fingerprint density at radius 2 is 1.89 bits per heavy atom. The number of hydrogen-bond acceptors (Lipinski definition) is 4. The summed E-state index contributed by atoms with van der Waals surface area (Å²) in [5.41, 5.74) is 1.02. The van der Waals surface area contributed by atoms with E-state index in [-0.39, 0.29) is 11.4 Å². The van der Waals surface area contributed by atoms with Gasteiger partial charge in [-0.05, 0) is 19.1 Å². The molecule has 0 aliphatic carbocycles. The van der Waals surface area contributed by atoms with Gasteiger partial charge in [0.15, 0.2) is 0 Å². The molecule has 0 saturated carbocycles. The van der Waals surface area contributed by atoms with E-state index < -0.39 is 10.0 Å². The minimum Gasteiger partial charge on any atom is -0.320 e. The Balaban J connectivity index is 2.24. The van der Waals surface area contributed by atoms with Crippen molar-refractivity contribution in [2.24, 2.45) is 7.05 Å². The Labute approximate surface area is 112 Å². The van der Waals surface area contributed by atoms with Gasteiger partial charge in [-0.1, -0.05) is 17.7 Å². The molecule has 0 atom stereocenters. The molecule has 2 aromatic rings. The Morgan fingerprint density at radius 3 is 2.42 bits per heavy atom. The Morgan fingerprint density at radius 1 is 1.26 bits per heavy atom. The molecule has 7 heteroatoms. The van der Waals surface area contributed by atoms with E-state index in [1.54, 1.807) is 42.2 Å². The van der Waals surface area contributed by atoms with Crippen molar-refractivity contribution in [3.05, 3.63) is 42.0 Å². The van der Waals surface area contributed by atoms with E-state index in [2.05, 4.69) is 10.2 Å². The SMILES string of the molecule is Cc1ccc(S(=O)(=O)N(C)Cc2nncn2C)cc1. The summed E-state index contributed by atoms with van der Waals surface area (Å²) >= 11 is 0. The Hall–Kier alpha value is -1.73. The molecule has 0 radical (unpaired) electrons. The summed E-state index contributed by atoms with van der Waals surface area (Å²) in [6.45, 7) is 2.10. The minimum absolute atomic E-state index is 0.187. The van der Waals surface area contributed by atoms with E-state index in [4.69, 9.17) is 0 Å². The van der Waals surface area contributed by atoms with Gasteiger partial charge in [-0.3, -0.25) is 0 Å². The maximum atomic E-state index is 12.3. The number of sulfonamides is 1. The van der Waals surface area contributed by atoms with Crippen molar-refractivity contribution in [1.29, 1.82) is 0 Å². The summed E-state index contributed by atoms with van der Waals surface area (Å²) in [6.07, 6.45) is 1.54. The number of rotatable bonds is 4. The third-order valence-corrected chi connectivity index (χ3v) is 4.72. The molecule has 2 rings (SSSR count). The molecular formula is C12H16N4O2S. The van der Waals surface area contributed by atoms with E-state index in [1.807, 2.05) is 6.92 Å². The monoisotopic (exact) mass is 280 g/mol. The second kappa shape index (κ2) is 5.10. The zero-order valence-corrected chi connectivity index (χ0v) is 11.9. The van der Waals surface area contributed by atoms with Gasteiger partial charge in [0.25, 0.3) is 0 Å². The zero-order chi connectivity index (χ0) is 14.0. The predicted molar refractivity (Wildman–Crippen MR) is 70.8 cm³/mol. The molecule has 0 amide bonds. The van der Waals surface area contributed by atoms with Gasteiger partial charge in [-0.15, -0.1) is 10.2 Å². The molecule has 0 N–H and O–H groups in total. The summed E-state index contributed by atoms with van der Waals surface area (Å²) in [5, 5.41) is 7.62. The highest BCUT2D eigenvalue weighted by molar-refractivity contribution is 7.89. The third-order valence-electron chi connectivity index (χ3n) is 2.90. The van der Waals surface area contributed by atoms with E-state index in [9.17, 15) is 8.42 Å². The van der Waals surface area contributed by atoms with Crippen molar-refractivity contribution < 1.29 is 8.42 Å². The van der Waals surface area contributed by atoms with Crippen molar-refractivity contribution in [3.8, 4) is 0 Å². The summed E-state index contributed by atoms with van der Waals surface area (Å²) in [5.74, 6) is 0.596. The van der Waals surface area contributed by atoms with Crippen LogP contribution in [-0.4, -0.2) is 34.5 Å². The average molecular weight is 280 g/mol. The van der Waals surface area contributed by atoms with Crippen molar-refractivity contribution in [1.82, 2.24) is 19.1 Å². The van der Waals surface area contributed by atoms with Crippen molar-refractivity contribution in [2.75, 3.05) is 7.05 Å². The second-order valence-electron chi connectivity index (χ2n) is 4.43. The highest BCUT2D eigenvalue weighted by Crippen LogP contribution is 2.16. The topological polar surface area (TPSA) is 68.1 Å². The predicted octanol–water partition coefficient (Wildman–Crippen LogP) is 0.944. The molecule has 0 unspecified atom stereocenters. The molecule has 102 valence electrons. The lowest BCUT2D eigenvalue weighted by molar-refractivity contribution is 0.450. The molecule has 0 saturated heterocycles. The quantitative estimate of drug-likeness (QED) is 0.836. The molecule has 19 heavy (non-hydrogen) atoms. The van der Waals surface area contributed by atoms with E-state index in [0.717, 1.165) is 5.56 Å². The van der Waals surface area contributed by atoms with Gasteiger partial charge in [0.1, 0.15) is 12.2 Å². The van der Waals surface area contributed by atoms with Crippen LogP contribution >= 0.6 is 0 Å². The number of aromatic nitrogens is 3. The highest BCUT2D eigenvalue weighted by atomic mass is 32.2. The Kier molecular flexibility index (Phi) is 3.68. The van der Waals surface area contributed by atoms with Crippen LogP contribution in [0.15, 0.2) is 35.5 Å². The van der Waals surface area contributed by atoms with Crippen molar-refractivity contribution >= 4 is 10.0 Å². The molecule has 6 nitrogen and oxygen atoms in total. The maximum Gasteiger partial charge on any atom is 0.243 e. The summed E-state index contributed by atoms with van der Waals surface area (Å²) in [4.78, 5) is 0.280. The average Bonchev–Trinajstić information content (AvgIpc) is 2.75. The van der Waals surface area contributed by atoms with Crippen LogP contribution in [0.25, 0.3) is 0 Å². The number of aryl methyl sites for hydroxylation is 2. The van der Waals surface area contributed by atoms with Crippen LogP contribution < -0.4 is 0 Å². The molecule has 1 aromatic heterocycles. The number of benzene rings is 1. The first-order valence-electron chi connectivity index (χ1n) is 5.77. The smallest absolute Gasteiger partial charge is 0.243 e. The lowest BCUT2D eigenvalue weighted by atomic mass is 10.2. The summed E-state index contributed by atoms with van der Waals surface area (Å²) < 4.78 is 27.7. The van der Waals surface area contributed by atoms with E-state index >= 15 is 0 Å². The molecule has 0 spiro atoms. The van der Waals surface area contributed by atoms with Crippen LogP contribution in [0.1, 0.15) is 11.4 Å². The maximum absolute atomic E-state index is 12.3.